The van der Waals surface area contributed by atoms with E-state index in [1.54, 1.807) is 35.2 Å². The van der Waals surface area contributed by atoms with Crippen molar-refractivity contribution < 1.29 is 23.9 Å². The largest absolute Gasteiger partial charge is 0.455 e. The number of anilines is 1. The molecule has 1 fully saturated rings. The molecule has 2 aromatic carbocycles. The second-order valence-corrected chi connectivity index (χ2v) is 7.23. The van der Waals surface area contributed by atoms with Gasteiger partial charge in [-0.2, -0.15) is 0 Å². The topological polar surface area (TPSA) is 105 Å². The Labute approximate surface area is 174 Å². The van der Waals surface area contributed by atoms with Gasteiger partial charge in [0.25, 0.3) is 11.8 Å². The second-order valence-electron chi connectivity index (χ2n) is 7.23. The third-order valence-electron chi connectivity index (χ3n) is 4.67. The van der Waals surface area contributed by atoms with Crippen LogP contribution in [0.2, 0.25) is 0 Å². The van der Waals surface area contributed by atoms with Crippen LogP contribution in [0.15, 0.2) is 48.5 Å². The Morgan fingerprint density at radius 1 is 1.03 bits per heavy atom. The molecule has 0 radical (unpaired) electrons. The predicted octanol–water partition coefficient (Wildman–Crippen LogP) is 1.66. The molecule has 0 aromatic heterocycles. The highest BCUT2D eigenvalue weighted by molar-refractivity contribution is 6.00. The number of hydrazine groups is 1. The van der Waals surface area contributed by atoms with Crippen LogP contribution < -0.4 is 15.8 Å². The molecule has 0 spiro atoms. The van der Waals surface area contributed by atoms with E-state index in [0.717, 1.165) is 16.8 Å². The number of amides is 3. The highest BCUT2D eigenvalue weighted by Crippen LogP contribution is 2.27. The third-order valence-corrected chi connectivity index (χ3v) is 4.67. The van der Waals surface area contributed by atoms with Crippen molar-refractivity contribution in [3.05, 3.63) is 65.2 Å². The molecular weight excluding hydrogens is 386 g/mol. The highest BCUT2D eigenvalue weighted by atomic mass is 16.5. The number of hydrogen-bond donors (Lipinski definition) is 2. The monoisotopic (exact) mass is 409 g/mol. The predicted molar refractivity (Wildman–Crippen MR) is 109 cm³/mol. The summed E-state index contributed by atoms with van der Waals surface area (Å²) in [5.41, 5.74) is 7.61. The van der Waals surface area contributed by atoms with Gasteiger partial charge in [-0.1, -0.05) is 24.3 Å². The molecule has 1 aliphatic heterocycles. The van der Waals surface area contributed by atoms with Crippen LogP contribution in [0.5, 0.6) is 0 Å². The van der Waals surface area contributed by atoms with Crippen LogP contribution in [0.25, 0.3) is 0 Å². The fraction of sp³-hybridized carbons (Fsp3) is 0.273. The number of esters is 1. The fourth-order valence-electron chi connectivity index (χ4n) is 3.30. The molecule has 0 unspecified atom stereocenters. The zero-order valence-corrected chi connectivity index (χ0v) is 16.8. The van der Waals surface area contributed by atoms with Crippen molar-refractivity contribution in [3.8, 4) is 0 Å². The number of carbonyl (C=O) groups is 4. The van der Waals surface area contributed by atoms with Gasteiger partial charge in [-0.15, -0.1) is 0 Å². The van der Waals surface area contributed by atoms with Crippen molar-refractivity contribution in [2.24, 2.45) is 5.92 Å². The minimum Gasteiger partial charge on any atom is -0.455 e. The normalized spacial score (nSPS) is 15.6. The lowest BCUT2D eigenvalue weighted by molar-refractivity contribution is -0.152. The molecule has 30 heavy (non-hydrogen) atoms. The van der Waals surface area contributed by atoms with Gasteiger partial charge in [0.1, 0.15) is 0 Å². The van der Waals surface area contributed by atoms with E-state index < -0.39 is 30.3 Å². The van der Waals surface area contributed by atoms with Crippen LogP contribution in [0, 0.1) is 19.8 Å². The summed E-state index contributed by atoms with van der Waals surface area (Å²) in [6, 6.07) is 14.1. The van der Waals surface area contributed by atoms with E-state index in [4.69, 9.17) is 4.74 Å². The molecule has 1 atom stereocenters. The molecule has 0 bridgehead atoms. The first-order valence-electron chi connectivity index (χ1n) is 9.53. The van der Waals surface area contributed by atoms with Gasteiger partial charge in [-0.3, -0.25) is 30.0 Å². The summed E-state index contributed by atoms with van der Waals surface area (Å²) in [6.07, 6.45) is 0.0260. The quantitative estimate of drug-likeness (QED) is 0.577. The Hall–Kier alpha value is -3.68. The SMILES string of the molecule is Cc1cc(C)cc(N2C[C@H](C(=O)OCC(=O)NNC(=O)c3ccccc3)CC2=O)c1. The average molecular weight is 409 g/mol. The number of aryl methyl sites for hydroxylation is 2. The van der Waals surface area contributed by atoms with Crippen molar-refractivity contribution in [2.75, 3.05) is 18.1 Å². The number of hydrogen-bond acceptors (Lipinski definition) is 5. The maximum Gasteiger partial charge on any atom is 0.311 e. The molecule has 2 aromatic rings. The van der Waals surface area contributed by atoms with Gasteiger partial charge in [0.2, 0.25) is 5.91 Å². The number of ether oxygens (including phenoxy) is 1. The van der Waals surface area contributed by atoms with Crippen LogP contribution >= 0.6 is 0 Å². The minimum absolute atomic E-state index is 0.0260. The number of rotatable bonds is 5. The van der Waals surface area contributed by atoms with Crippen molar-refractivity contribution >= 4 is 29.4 Å². The Morgan fingerprint density at radius 3 is 2.37 bits per heavy atom. The smallest absolute Gasteiger partial charge is 0.311 e. The van der Waals surface area contributed by atoms with Crippen LogP contribution in [-0.4, -0.2) is 36.8 Å². The number of nitrogens with one attached hydrogen (secondary N) is 2. The first kappa shape index (κ1) is 21.0. The molecule has 156 valence electrons. The fourth-order valence-corrected chi connectivity index (χ4v) is 3.30. The lowest BCUT2D eigenvalue weighted by atomic mass is 10.1. The molecule has 1 heterocycles. The molecule has 8 nitrogen and oxygen atoms in total. The van der Waals surface area contributed by atoms with E-state index in [0.29, 0.717) is 5.56 Å². The molecule has 3 amide bonds. The average Bonchev–Trinajstić information content (AvgIpc) is 3.12. The molecule has 1 aliphatic rings. The van der Waals surface area contributed by atoms with Gasteiger partial charge < -0.3 is 9.64 Å². The molecular formula is C22H23N3O5. The second kappa shape index (κ2) is 9.21. The molecule has 8 heteroatoms. The van der Waals surface area contributed by atoms with Gasteiger partial charge in [0, 0.05) is 24.2 Å². The van der Waals surface area contributed by atoms with Crippen LogP contribution in [0.3, 0.4) is 0 Å². The standard InChI is InChI=1S/C22H23N3O5/c1-14-8-15(2)10-18(9-14)25-12-17(11-20(25)27)22(29)30-13-19(26)23-24-21(28)16-6-4-3-5-7-16/h3-10,17H,11-13H2,1-2H3,(H,23,26)(H,24,28)/t17-/m1/s1. The summed E-state index contributed by atoms with van der Waals surface area (Å²) < 4.78 is 5.02. The van der Waals surface area contributed by atoms with E-state index >= 15 is 0 Å². The third kappa shape index (κ3) is 5.22. The number of nitrogens with zero attached hydrogens (tertiary/aromatic N) is 1. The van der Waals surface area contributed by atoms with E-state index in [2.05, 4.69) is 10.9 Å². The van der Waals surface area contributed by atoms with Crippen molar-refractivity contribution in [2.45, 2.75) is 20.3 Å². The Bertz CT molecular complexity index is 954. The molecule has 1 saturated heterocycles. The zero-order valence-electron chi connectivity index (χ0n) is 16.8. The summed E-state index contributed by atoms with van der Waals surface area (Å²) >= 11 is 0. The lowest BCUT2D eigenvalue weighted by Gasteiger charge is -2.18. The number of carbonyl (C=O) groups excluding carboxylic acids is 4. The first-order valence-corrected chi connectivity index (χ1v) is 9.53. The maximum absolute atomic E-state index is 12.4. The van der Waals surface area contributed by atoms with Crippen LogP contribution in [-0.2, 0) is 19.1 Å². The summed E-state index contributed by atoms with van der Waals surface area (Å²) in [6.45, 7) is 3.53. The van der Waals surface area contributed by atoms with Crippen molar-refractivity contribution in [1.82, 2.24) is 10.9 Å². The minimum atomic E-state index is -0.678. The molecule has 3 rings (SSSR count). The summed E-state index contributed by atoms with van der Waals surface area (Å²) in [5, 5.41) is 0. The lowest BCUT2D eigenvalue weighted by Crippen LogP contribution is -2.43. The Morgan fingerprint density at radius 2 is 1.70 bits per heavy atom. The van der Waals surface area contributed by atoms with Crippen molar-refractivity contribution in [1.29, 1.82) is 0 Å². The van der Waals surface area contributed by atoms with Crippen LogP contribution in [0.1, 0.15) is 27.9 Å². The van der Waals surface area contributed by atoms with Gasteiger partial charge in [-0.25, -0.2) is 0 Å². The zero-order chi connectivity index (χ0) is 21.7. The Balaban J connectivity index is 1.47. The van der Waals surface area contributed by atoms with Crippen LogP contribution in [0.4, 0.5) is 5.69 Å². The first-order chi connectivity index (χ1) is 14.3. The summed E-state index contributed by atoms with van der Waals surface area (Å²) in [7, 11) is 0. The molecule has 0 aliphatic carbocycles. The van der Waals surface area contributed by atoms with Gasteiger partial charge in [-0.05, 0) is 49.2 Å². The van der Waals surface area contributed by atoms with Crippen molar-refractivity contribution in [3.63, 3.8) is 0 Å². The number of benzene rings is 2. The van der Waals surface area contributed by atoms with Gasteiger partial charge in [0.05, 0.1) is 5.92 Å². The van der Waals surface area contributed by atoms with Gasteiger partial charge in [0.15, 0.2) is 6.61 Å². The van der Waals surface area contributed by atoms with Gasteiger partial charge >= 0.3 is 5.97 Å². The molecule has 2 N–H and O–H groups in total. The summed E-state index contributed by atoms with van der Waals surface area (Å²) in [4.78, 5) is 49.9. The Kier molecular flexibility index (Phi) is 6.46. The maximum atomic E-state index is 12.4. The molecule has 0 saturated carbocycles. The van der Waals surface area contributed by atoms with E-state index in [1.807, 2.05) is 32.0 Å². The van der Waals surface area contributed by atoms with E-state index in [1.165, 1.54) is 0 Å². The van der Waals surface area contributed by atoms with E-state index in [-0.39, 0.29) is 18.9 Å². The van der Waals surface area contributed by atoms with E-state index in [9.17, 15) is 19.2 Å². The highest BCUT2D eigenvalue weighted by Gasteiger charge is 2.36. The summed E-state index contributed by atoms with van der Waals surface area (Å²) in [5.74, 6) is -2.60.